The van der Waals surface area contributed by atoms with Gasteiger partial charge in [0.25, 0.3) is 5.56 Å². The molecule has 0 radical (unpaired) electrons. The van der Waals surface area contributed by atoms with Gasteiger partial charge in [0.2, 0.25) is 11.7 Å². The fraction of sp³-hybridized carbons (Fsp3) is 0.231. The molecule has 6 rings (SSSR count). The van der Waals surface area contributed by atoms with Crippen LogP contribution in [0.2, 0.25) is 10.0 Å². The molecule has 12 heteroatoms. The number of piperazine rings is 1. The van der Waals surface area contributed by atoms with Crippen molar-refractivity contribution < 1.29 is 4.74 Å². The monoisotopic (exact) mass is 550 g/mol. The van der Waals surface area contributed by atoms with Crippen LogP contribution in [0.3, 0.4) is 0 Å². The molecule has 0 unspecified atom stereocenters. The number of likely N-dealkylation sites (N-methyl/N-ethyl adjacent to an activating group) is 1. The van der Waals surface area contributed by atoms with Gasteiger partial charge in [-0.3, -0.25) is 9.20 Å². The SMILES string of the molecule is COc1cc(Nc2ncc3c(=O)n(-c4c(Cl)cccc4Cl)c4nccn4c3n2)ccc1N1CCN(C)CC1. The number of nitrogens with one attached hydrogen (secondary N) is 1. The molecule has 0 spiro atoms. The fourth-order valence-corrected chi connectivity index (χ4v) is 5.27. The zero-order valence-electron chi connectivity index (χ0n) is 20.7. The van der Waals surface area contributed by atoms with Crippen molar-refractivity contribution in [2.45, 2.75) is 0 Å². The van der Waals surface area contributed by atoms with E-state index in [2.05, 4.69) is 37.1 Å². The Morgan fingerprint density at radius 2 is 1.79 bits per heavy atom. The van der Waals surface area contributed by atoms with E-state index in [1.165, 1.54) is 10.8 Å². The summed E-state index contributed by atoms with van der Waals surface area (Å²) in [4.78, 5) is 31.7. The normalized spacial score (nSPS) is 14.4. The summed E-state index contributed by atoms with van der Waals surface area (Å²) in [6.45, 7) is 3.87. The fourth-order valence-electron chi connectivity index (χ4n) is 4.70. The van der Waals surface area contributed by atoms with Crippen LogP contribution in [0.25, 0.3) is 22.5 Å². The molecule has 38 heavy (non-hydrogen) atoms. The number of benzene rings is 2. The van der Waals surface area contributed by atoms with Crippen LogP contribution >= 0.6 is 23.2 Å². The zero-order valence-corrected chi connectivity index (χ0v) is 22.2. The Labute approximate surface area is 228 Å². The van der Waals surface area contributed by atoms with Crippen molar-refractivity contribution in [3.05, 3.63) is 75.4 Å². The number of imidazole rings is 1. The Morgan fingerprint density at radius 1 is 1.03 bits per heavy atom. The van der Waals surface area contributed by atoms with Gasteiger partial charge in [0.15, 0.2) is 5.65 Å². The van der Waals surface area contributed by atoms with Gasteiger partial charge >= 0.3 is 0 Å². The van der Waals surface area contributed by atoms with Gasteiger partial charge in [-0.1, -0.05) is 29.3 Å². The highest BCUT2D eigenvalue weighted by Crippen LogP contribution is 2.33. The van der Waals surface area contributed by atoms with Crippen LogP contribution in [0.1, 0.15) is 0 Å². The molecule has 2 aromatic carbocycles. The largest absolute Gasteiger partial charge is 0.495 e. The summed E-state index contributed by atoms with van der Waals surface area (Å²) in [5.74, 6) is 1.42. The van der Waals surface area contributed by atoms with Gasteiger partial charge in [-0.2, -0.15) is 4.98 Å². The molecule has 1 fully saturated rings. The van der Waals surface area contributed by atoms with Crippen molar-refractivity contribution in [1.82, 2.24) is 28.8 Å². The molecule has 1 N–H and O–H groups in total. The van der Waals surface area contributed by atoms with Crippen LogP contribution in [-0.2, 0) is 0 Å². The second-order valence-electron chi connectivity index (χ2n) is 9.04. The number of ether oxygens (including phenoxy) is 1. The minimum atomic E-state index is -0.376. The predicted molar refractivity (Wildman–Crippen MR) is 150 cm³/mol. The third kappa shape index (κ3) is 4.20. The Morgan fingerprint density at radius 3 is 2.53 bits per heavy atom. The molecule has 5 aromatic rings. The molecule has 0 aliphatic carbocycles. The van der Waals surface area contributed by atoms with Crippen LogP contribution in [-0.4, -0.2) is 69.2 Å². The molecule has 194 valence electrons. The number of halogens is 2. The average Bonchev–Trinajstić information content (AvgIpc) is 3.41. The number of hydrogen-bond acceptors (Lipinski definition) is 8. The summed E-state index contributed by atoms with van der Waals surface area (Å²) >= 11 is 12.8. The second kappa shape index (κ2) is 9.79. The van der Waals surface area contributed by atoms with E-state index in [1.54, 1.807) is 42.1 Å². The van der Waals surface area contributed by atoms with Crippen LogP contribution in [0.4, 0.5) is 17.3 Å². The summed E-state index contributed by atoms with van der Waals surface area (Å²) in [5.41, 5.74) is 2.19. The minimum absolute atomic E-state index is 0.292. The number of rotatable bonds is 5. The first-order valence-corrected chi connectivity index (χ1v) is 12.8. The molecular formula is C26H24Cl2N8O2. The highest BCUT2D eigenvalue weighted by atomic mass is 35.5. The maximum atomic E-state index is 13.6. The predicted octanol–water partition coefficient (Wildman–Crippen LogP) is 4.24. The lowest BCUT2D eigenvalue weighted by atomic mass is 10.2. The summed E-state index contributed by atoms with van der Waals surface area (Å²) in [6, 6.07) is 11.0. The second-order valence-corrected chi connectivity index (χ2v) is 9.86. The number of aromatic nitrogens is 5. The Kier molecular flexibility index (Phi) is 6.30. The van der Waals surface area contributed by atoms with Gasteiger partial charge in [-0.15, -0.1) is 0 Å². The Balaban J connectivity index is 1.39. The van der Waals surface area contributed by atoms with E-state index in [4.69, 9.17) is 27.9 Å². The molecule has 3 aromatic heterocycles. The molecule has 0 bridgehead atoms. The number of methoxy groups -OCH3 is 1. The van der Waals surface area contributed by atoms with Gasteiger partial charge in [-0.05, 0) is 31.3 Å². The number of fused-ring (bicyclic) bond motifs is 3. The van der Waals surface area contributed by atoms with E-state index < -0.39 is 0 Å². The molecule has 1 saturated heterocycles. The van der Waals surface area contributed by atoms with Crippen LogP contribution in [0, 0.1) is 0 Å². The highest BCUT2D eigenvalue weighted by Gasteiger charge is 2.20. The maximum Gasteiger partial charge on any atom is 0.270 e. The summed E-state index contributed by atoms with van der Waals surface area (Å²) in [6.07, 6.45) is 4.80. The third-order valence-electron chi connectivity index (χ3n) is 6.69. The smallest absolute Gasteiger partial charge is 0.270 e. The molecule has 4 heterocycles. The number of anilines is 3. The standard InChI is InChI=1S/C26H24Cl2N8O2/c1-33-10-12-34(13-11-33)20-7-6-16(14-21(20)38-2)31-25-30-15-17-23(32-25)35-9-8-29-26(35)36(24(17)37)22-18(27)4-3-5-19(22)28/h3-9,14-15H,10-13H2,1-2H3,(H,30,31,32). The lowest BCUT2D eigenvalue weighted by Crippen LogP contribution is -2.44. The van der Waals surface area contributed by atoms with Crippen molar-refractivity contribution >= 4 is 57.3 Å². The molecule has 10 nitrogen and oxygen atoms in total. The maximum absolute atomic E-state index is 13.6. The lowest BCUT2D eigenvalue weighted by molar-refractivity contribution is 0.311. The van der Waals surface area contributed by atoms with Crippen molar-refractivity contribution in [3.8, 4) is 11.4 Å². The first-order valence-electron chi connectivity index (χ1n) is 12.0. The first-order chi connectivity index (χ1) is 18.4. The molecule has 1 aliphatic rings. The van der Waals surface area contributed by atoms with E-state index in [1.807, 2.05) is 18.2 Å². The van der Waals surface area contributed by atoms with Gasteiger partial charge < -0.3 is 19.9 Å². The van der Waals surface area contributed by atoms with Crippen molar-refractivity contribution in [2.75, 3.05) is 50.6 Å². The summed E-state index contributed by atoms with van der Waals surface area (Å²) in [5, 5.41) is 4.19. The highest BCUT2D eigenvalue weighted by molar-refractivity contribution is 6.37. The quantitative estimate of drug-likeness (QED) is 0.347. The van der Waals surface area contributed by atoms with Crippen LogP contribution < -0.4 is 20.5 Å². The van der Waals surface area contributed by atoms with Crippen molar-refractivity contribution in [1.29, 1.82) is 0 Å². The van der Waals surface area contributed by atoms with Crippen LogP contribution in [0.15, 0.2) is 59.8 Å². The van der Waals surface area contributed by atoms with E-state index in [0.717, 1.165) is 43.3 Å². The van der Waals surface area contributed by atoms with Crippen molar-refractivity contribution in [3.63, 3.8) is 0 Å². The van der Waals surface area contributed by atoms with Crippen LogP contribution in [0.5, 0.6) is 5.75 Å². The Bertz CT molecular complexity index is 1710. The molecule has 0 atom stereocenters. The number of para-hydroxylation sites is 1. The zero-order chi connectivity index (χ0) is 26.4. The van der Waals surface area contributed by atoms with E-state index >= 15 is 0 Å². The number of hydrogen-bond donors (Lipinski definition) is 1. The lowest BCUT2D eigenvalue weighted by Gasteiger charge is -2.34. The van der Waals surface area contributed by atoms with Gasteiger partial charge in [-0.25, -0.2) is 14.5 Å². The van der Waals surface area contributed by atoms with Gasteiger partial charge in [0.05, 0.1) is 28.5 Å². The Hall–Kier alpha value is -3.86. The summed E-state index contributed by atoms with van der Waals surface area (Å²) in [7, 11) is 3.79. The topological polar surface area (TPSA) is 92.8 Å². The summed E-state index contributed by atoms with van der Waals surface area (Å²) < 4.78 is 8.79. The van der Waals surface area contributed by atoms with E-state index in [-0.39, 0.29) is 5.56 Å². The average molecular weight is 551 g/mol. The van der Waals surface area contributed by atoms with Gasteiger partial charge in [0, 0.05) is 56.5 Å². The molecule has 0 saturated carbocycles. The molecule has 1 aliphatic heterocycles. The molecule has 0 amide bonds. The van der Waals surface area contributed by atoms with E-state index in [9.17, 15) is 4.79 Å². The van der Waals surface area contributed by atoms with Gasteiger partial charge in [0.1, 0.15) is 11.1 Å². The third-order valence-corrected chi connectivity index (χ3v) is 7.30. The number of nitrogens with zero attached hydrogens (tertiary/aromatic N) is 7. The molecular weight excluding hydrogens is 527 g/mol. The van der Waals surface area contributed by atoms with Crippen molar-refractivity contribution in [2.24, 2.45) is 0 Å². The van der Waals surface area contributed by atoms with E-state index in [0.29, 0.717) is 38.5 Å². The minimum Gasteiger partial charge on any atom is -0.495 e. The first kappa shape index (κ1) is 24.5.